The minimum Gasteiger partial charge on any atom is -0.394 e. The third-order valence-electron chi connectivity index (χ3n) is 7.17. The number of aryl methyl sites for hydroxylation is 1. The number of imidazole rings is 1. The van der Waals surface area contributed by atoms with Crippen LogP contribution in [0.25, 0.3) is 11.2 Å². The Labute approximate surface area is 253 Å². The number of hydrogen-bond donors (Lipinski definition) is 5. The summed E-state index contributed by atoms with van der Waals surface area (Å²) in [4.78, 5) is 48.8. The van der Waals surface area contributed by atoms with Gasteiger partial charge in [0, 0.05) is 38.8 Å². The van der Waals surface area contributed by atoms with Gasteiger partial charge in [0.15, 0.2) is 11.2 Å². The number of phosphoric ester groups is 2. The SMILES string of the molecule is COP(=O)(O)O[C@@H]1C[C@H](n2cnc3c(=O)[nH]c(N)nc32)O[C@@H]1COP(=O)(OC)O[C@@H]1C[C@H](n2cc(C)c(N)nc2=O)O[C@@H]1CO. The van der Waals surface area contributed by atoms with E-state index in [9.17, 15) is 28.7 Å². The number of ether oxygens (including phenoxy) is 2. The number of nitrogens with two attached hydrogens (primary N) is 2. The van der Waals surface area contributed by atoms with E-state index in [0.717, 1.165) is 14.2 Å². The molecule has 0 aromatic carbocycles. The highest BCUT2D eigenvalue weighted by Crippen LogP contribution is 2.54. The van der Waals surface area contributed by atoms with E-state index in [1.807, 2.05) is 0 Å². The zero-order valence-electron chi connectivity index (χ0n) is 24.1. The third-order valence-corrected chi connectivity index (χ3v) is 9.61. The van der Waals surface area contributed by atoms with Crippen molar-refractivity contribution in [2.24, 2.45) is 0 Å². The van der Waals surface area contributed by atoms with Crippen molar-refractivity contribution in [3.63, 3.8) is 0 Å². The molecule has 21 nitrogen and oxygen atoms in total. The molecule has 0 radical (unpaired) electrons. The van der Waals surface area contributed by atoms with Crippen LogP contribution in [0.3, 0.4) is 0 Å². The van der Waals surface area contributed by atoms with Crippen LogP contribution in [0.15, 0.2) is 22.1 Å². The van der Waals surface area contributed by atoms with Gasteiger partial charge in [-0.3, -0.25) is 41.5 Å². The van der Waals surface area contributed by atoms with Crippen molar-refractivity contribution in [1.82, 2.24) is 29.1 Å². The Morgan fingerprint density at radius 2 is 1.71 bits per heavy atom. The van der Waals surface area contributed by atoms with Gasteiger partial charge in [-0.05, 0) is 6.92 Å². The van der Waals surface area contributed by atoms with Crippen LogP contribution in [-0.4, -0.2) is 90.9 Å². The Kier molecular flexibility index (Phi) is 9.60. The van der Waals surface area contributed by atoms with Gasteiger partial charge in [-0.15, -0.1) is 0 Å². The number of phosphoric acid groups is 2. The number of aromatic amines is 1. The Morgan fingerprint density at radius 3 is 2.38 bits per heavy atom. The number of aliphatic hydroxyl groups is 1. The lowest BCUT2D eigenvalue weighted by molar-refractivity contribution is -0.0575. The van der Waals surface area contributed by atoms with Crippen LogP contribution in [-0.2, 0) is 41.2 Å². The average molecular weight is 678 g/mol. The maximum atomic E-state index is 13.6. The molecule has 2 saturated heterocycles. The fraction of sp³-hybridized carbons (Fsp3) is 0.591. The van der Waals surface area contributed by atoms with Gasteiger partial charge >= 0.3 is 21.3 Å². The molecule has 2 fully saturated rings. The summed E-state index contributed by atoms with van der Waals surface area (Å²) in [5.41, 5.74) is 10.6. The summed E-state index contributed by atoms with van der Waals surface area (Å²) in [6.07, 6.45) is -3.78. The first-order valence-corrected chi connectivity index (χ1v) is 16.3. The van der Waals surface area contributed by atoms with Gasteiger partial charge in [-0.1, -0.05) is 0 Å². The number of hydrogen-bond acceptors (Lipinski definition) is 17. The van der Waals surface area contributed by atoms with Crippen LogP contribution >= 0.6 is 15.6 Å². The second-order valence-corrected chi connectivity index (χ2v) is 13.3. The molecule has 0 aliphatic carbocycles. The van der Waals surface area contributed by atoms with Crippen LogP contribution in [0, 0.1) is 6.92 Å². The second kappa shape index (κ2) is 13.0. The number of nitrogen functional groups attached to an aromatic ring is 2. The molecule has 3 aromatic rings. The first kappa shape index (κ1) is 33.3. The summed E-state index contributed by atoms with van der Waals surface area (Å²) in [7, 11) is -6.94. The number of rotatable bonds is 12. The van der Waals surface area contributed by atoms with E-state index in [0.29, 0.717) is 5.56 Å². The van der Waals surface area contributed by atoms with Crippen molar-refractivity contribution in [3.8, 4) is 0 Å². The first-order chi connectivity index (χ1) is 21.3. The van der Waals surface area contributed by atoms with Crippen molar-refractivity contribution in [1.29, 1.82) is 0 Å². The summed E-state index contributed by atoms with van der Waals surface area (Å²) in [5.74, 6) is -0.126. The summed E-state index contributed by atoms with van der Waals surface area (Å²) < 4.78 is 66.2. The lowest BCUT2D eigenvalue weighted by Gasteiger charge is -2.25. The van der Waals surface area contributed by atoms with Gasteiger partial charge in [0.2, 0.25) is 5.95 Å². The molecule has 23 heteroatoms. The predicted octanol–water partition coefficient (Wildman–Crippen LogP) is -0.295. The highest BCUT2D eigenvalue weighted by molar-refractivity contribution is 7.48. The molecular formula is C22H32N8O13P2. The molecule has 45 heavy (non-hydrogen) atoms. The normalized spacial score (nSPS) is 27.9. The number of aromatic nitrogens is 6. The van der Waals surface area contributed by atoms with E-state index in [-0.39, 0.29) is 35.8 Å². The van der Waals surface area contributed by atoms with Crippen molar-refractivity contribution < 1.29 is 51.2 Å². The molecular weight excluding hydrogens is 646 g/mol. The summed E-state index contributed by atoms with van der Waals surface area (Å²) in [6.45, 7) is 0.529. The zero-order chi connectivity index (χ0) is 32.7. The van der Waals surface area contributed by atoms with E-state index < -0.39 is 77.0 Å². The molecule has 2 aliphatic heterocycles. The minimum atomic E-state index is -4.55. The average Bonchev–Trinajstić information content (AvgIpc) is 3.70. The molecule has 0 bridgehead atoms. The van der Waals surface area contributed by atoms with Crippen LogP contribution in [0.1, 0.15) is 30.9 Å². The van der Waals surface area contributed by atoms with Gasteiger partial charge < -0.3 is 30.9 Å². The van der Waals surface area contributed by atoms with Gasteiger partial charge in [0.25, 0.3) is 5.56 Å². The van der Waals surface area contributed by atoms with E-state index in [2.05, 4.69) is 24.5 Å². The van der Waals surface area contributed by atoms with Crippen LogP contribution in [0.5, 0.6) is 0 Å². The topological polar surface area (TPSA) is 290 Å². The van der Waals surface area contributed by atoms with Crippen molar-refractivity contribution in [2.75, 3.05) is 38.9 Å². The van der Waals surface area contributed by atoms with Gasteiger partial charge in [0.05, 0.1) is 19.5 Å². The van der Waals surface area contributed by atoms with Gasteiger partial charge in [-0.2, -0.15) is 9.97 Å². The van der Waals surface area contributed by atoms with E-state index in [1.54, 1.807) is 6.92 Å². The molecule has 2 aliphatic rings. The van der Waals surface area contributed by atoms with E-state index in [4.69, 9.17) is 39.0 Å². The molecule has 0 saturated carbocycles. The maximum Gasteiger partial charge on any atom is 0.474 e. The Hall–Kier alpha value is -3.07. The van der Waals surface area contributed by atoms with E-state index >= 15 is 0 Å². The number of fused-ring (bicyclic) bond motifs is 1. The number of anilines is 2. The van der Waals surface area contributed by atoms with Crippen molar-refractivity contribution >= 4 is 38.6 Å². The molecule has 0 amide bonds. The Morgan fingerprint density at radius 1 is 1.04 bits per heavy atom. The van der Waals surface area contributed by atoms with Crippen LogP contribution < -0.4 is 22.7 Å². The molecule has 0 spiro atoms. The largest absolute Gasteiger partial charge is 0.474 e. The quantitative estimate of drug-likeness (QED) is 0.154. The Bertz CT molecular complexity index is 1760. The van der Waals surface area contributed by atoms with Crippen LogP contribution in [0.2, 0.25) is 0 Å². The van der Waals surface area contributed by atoms with E-state index in [1.165, 1.54) is 21.7 Å². The number of nitrogens with zero attached hydrogens (tertiary/aromatic N) is 5. The van der Waals surface area contributed by atoms with Crippen LogP contribution in [0.4, 0.5) is 11.8 Å². The van der Waals surface area contributed by atoms with Gasteiger partial charge in [0.1, 0.15) is 42.7 Å². The predicted molar refractivity (Wildman–Crippen MR) is 151 cm³/mol. The number of aliphatic hydroxyl groups excluding tert-OH is 1. The van der Waals surface area contributed by atoms with Crippen molar-refractivity contribution in [3.05, 3.63) is 38.9 Å². The molecule has 3 aromatic heterocycles. The number of nitrogens with one attached hydrogen (secondary N) is 1. The monoisotopic (exact) mass is 678 g/mol. The molecule has 2 unspecified atom stereocenters. The number of H-pyrrole nitrogens is 1. The summed E-state index contributed by atoms with van der Waals surface area (Å²) in [5, 5.41) is 9.90. The molecule has 7 N–H and O–H groups in total. The second-order valence-electron chi connectivity index (χ2n) is 10.1. The highest BCUT2D eigenvalue weighted by atomic mass is 31.2. The minimum absolute atomic E-state index is 0.0327. The summed E-state index contributed by atoms with van der Waals surface area (Å²) >= 11 is 0. The third kappa shape index (κ3) is 7.03. The molecule has 5 heterocycles. The first-order valence-electron chi connectivity index (χ1n) is 13.3. The molecule has 248 valence electrons. The zero-order valence-corrected chi connectivity index (χ0v) is 25.9. The van der Waals surface area contributed by atoms with Crippen molar-refractivity contribution in [2.45, 2.75) is 56.6 Å². The smallest absolute Gasteiger partial charge is 0.394 e. The fourth-order valence-electron chi connectivity index (χ4n) is 4.89. The molecule has 5 rings (SSSR count). The Balaban J connectivity index is 1.33. The lowest BCUT2D eigenvalue weighted by Crippen LogP contribution is -2.30. The maximum absolute atomic E-state index is 13.6. The van der Waals surface area contributed by atoms with Gasteiger partial charge in [-0.25, -0.2) is 18.9 Å². The lowest BCUT2D eigenvalue weighted by atomic mass is 10.2. The standard InChI is InChI=1S/C22H32N8O13P2/c1-10-6-29(22(33)26-18(10)23)15-4-11(13(7-31)40-15)43-45(36,38-3)39-8-14-12(42-44(34,35)37-2)5-16(41-14)30-9-25-17-19(30)27-21(24)28-20(17)32/h6,9,11-16,31H,4-5,7-8H2,1-3H3,(H,34,35)(H2,23,26,33)(H3,24,27,28,32)/t11-,12-,13-,14-,15-,16-,45?/m1/s1. The molecule has 8 atom stereocenters. The fourth-order valence-corrected chi connectivity index (χ4v) is 6.67. The summed E-state index contributed by atoms with van der Waals surface area (Å²) in [6, 6.07) is 0. The highest BCUT2D eigenvalue weighted by Gasteiger charge is 2.46.